The molecule has 2 aliphatic rings. The molecule has 3 rings (SSSR count). The summed E-state index contributed by atoms with van der Waals surface area (Å²) in [5, 5.41) is 0. The second kappa shape index (κ2) is 4.72. The monoisotopic (exact) mass is 257 g/mol. The Labute approximate surface area is 112 Å². The fourth-order valence-corrected chi connectivity index (χ4v) is 3.04. The molecule has 3 heteroatoms. The lowest BCUT2D eigenvalue weighted by molar-refractivity contribution is -0.116. The minimum Gasteiger partial charge on any atom is -0.294 e. The Morgan fingerprint density at radius 3 is 2.95 bits per heavy atom. The van der Waals surface area contributed by atoms with E-state index in [1.165, 1.54) is 12.1 Å². The van der Waals surface area contributed by atoms with E-state index in [9.17, 15) is 9.18 Å². The van der Waals surface area contributed by atoms with Crippen LogP contribution in [-0.2, 0) is 4.79 Å². The second-order valence-electron chi connectivity index (χ2n) is 5.30. The van der Waals surface area contributed by atoms with Crippen LogP contribution in [0.25, 0.3) is 0 Å². The molecule has 2 nitrogen and oxygen atoms in total. The lowest BCUT2D eigenvalue weighted by Crippen LogP contribution is -2.23. The Balaban J connectivity index is 2.09. The Morgan fingerprint density at radius 2 is 2.16 bits per heavy atom. The predicted molar refractivity (Wildman–Crippen MR) is 72.8 cm³/mol. The van der Waals surface area contributed by atoms with E-state index < -0.39 is 0 Å². The van der Waals surface area contributed by atoms with E-state index in [-0.39, 0.29) is 17.5 Å². The molecule has 0 radical (unpaired) electrons. The van der Waals surface area contributed by atoms with Crippen molar-refractivity contribution in [3.05, 3.63) is 46.9 Å². The first kappa shape index (κ1) is 12.3. The van der Waals surface area contributed by atoms with Gasteiger partial charge in [-0.15, -0.1) is 0 Å². The number of aliphatic imine (C=N–C) groups is 1. The maximum absolute atomic E-state index is 13.4. The van der Waals surface area contributed by atoms with Crippen molar-refractivity contribution >= 4 is 11.5 Å². The Kier molecular flexibility index (Phi) is 3.05. The van der Waals surface area contributed by atoms with Crippen molar-refractivity contribution in [2.45, 2.75) is 38.5 Å². The number of hydrogen-bond donors (Lipinski definition) is 0. The summed E-state index contributed by atoms with van der Waals surface area (Å²) in [6, 6.07) is 6.58. The minimum atomic E-state index is -0.247. The van der Waals surface area contributed by atoms with Crippen LogP contribution in [0.4, 0.5) is 4.39 Å². The van der Waals surface area contributed by atoms with Gasteiger partial charge in [0.05, 0.1) is 0 Å². The normalized spacial score (nSPS) is 23.2. The molecule has 0 N–H and O–H groups in total. The highest BCUT2D eigenvalue weighted by molar-refractivity contribution is 6.01. The van der Waals surface area contributed by atoms with Gasteiger partial charge in [0.2, 0.25) is 0 Å². The molecular weight excluding hydrogens is 241 g/mol. The molecule has 0 spiro atoms. The van der Waals surface area contributed by atoms with Crippen molar-refractivity contribution in [2.75, 3.05) is 0 Å². The number of nitrogens with zero attached hydrogens (tertiary/aromatic N) is 1. The molecule has 19 heavy (non-hydrogen) atoms. The molecule has 1 aromatic rings. The highest BCUT2D eigenvalue weighted by atomic mass is 19.1. The average Bonchev–Trinajstić information content (AvgIpc) is 2.37. The molecule has 0 amide bonds. The summed E-state index contributed by atoms with van der Waals surface area (Å²) in [5.74, 6) is -0.0779. The van der Waals surface area contributed by atoms with Crippen LogP contribution in [0.5, 0.6) is 0 Å². The Bertz CT molecular complexity index is 601. The zero-order valence-corrected chi connectivity index (χ0v) is 10.9. The van der Waals surface area contributed by atoms with E-state index in [4.69, 9.17) is 0 Å². The SMILES string of the molecule is CC1=NC2=C(C(=O)CCC2)C(c2cccc(F)c2)C1. The van der Waals surface area contributed by atoms with Gasteiger partial charge in [-0.1, -0.05) is 12.1 Å². The number of benzene rings is 1. The summed E-state index contributed by atoms with van der Waals surface area (Å²) < 4.78 is 13.4. The lowest BCUT2D eigenvalue weighted by Gasteiger charge is -2.29. The number of rotatable bonds is 1. The van der Waals surface area contributed by atoms with Crippen LogP contribution < -0.4 is 0 Å². The van der Waals surface area contributed by atoms with Gasteiger partial charge in [-0.25, -0.2) is 4.39 Å². The summed E-state index contributed by atoms with van der Waals surface area (Å²) in [6.07, 6.45) is 3.06. The van der Waals surface area contributed by atoms with Crippen LogP contribution in [-0.4, -0.2) is 11.5 Å². The number of ketones is 1. The molecule has 0 aromatic heterocycles. The standard InChI is InChI=1S/C16H16FNO/c1-10-8-13(11-4-2-5-12(17)9-11)16-14(18-10)6-3-7-15(16)19/h2,4-5,9,13H,3,6-8H2,1H3. The van der Waals surface area contributed by atoms with E-state index in [0.717, 1.165) is 35.4 Å². The summed E-state index contributed by atoms with van der Waals surface area (Å²) in [7, 11) is 0. The molecule has 0 saturated heterocycles. The number of hydrogen-bond acceptors (Lipinski definition) is 2. The van der Waals surface area contributed by atoms with Gasteiger partial charge in [-0.05, 0) is 43.9 Å². The fourth-order valence-electron chi connectivity index (χ4n) is 3.04. The van der Waals surface area contributed by atoms with E-state index in [0.29, 0.717) is 12.8 Å². The zero-order chi connectivity index (χ0) is 13.4. The van der Waals surface area contributed by atoms with Gasteiger partial charge in [0.1, 0.15) is 5.82 Å². The highest BCUT2D eigenvalue weighted by Gasteiger charge is 2.32. The van der Waals surface area contributed by atoms with Crippen molar-refractivity contribution in [3.8, 4) is 0 Å². The van der Waals surface area contributed by atoms with Gasteiger partial charge >= 0.3 is 0 Å². The minimum absolute atomic E-state index is 0.0176. The molecule has 1 atom stereocenters. The average molecular weight is 257 g/mol. The van der Waals surface area contributed by atoms with Gasteiger partial charge in [0.15, 0.2) is 5.78 Å². The second-order valence-corrected chi connectivity index (χ2v) is 5.30. The van der Waals surface area contributed by atoms with Crippen LogP contribution in [0.15, 0.2) is 40.5 Å². The molecule has 98 valence electrons. The first-order valence-corrected chi connectivity index (χ1v) is 6.71. The molecular formula is C16H16FNO. The summed E-state index contributed by atoms with van der Waals surface area (Å²) in [5.41, 5.74) is 3.66. The largest absolute Gasteiger partial charge is 0.294 e. The van der Waals surface area contributed by atoms with Crippen LogP contribution in [0.2, 0.25) is 0 Å². The molecule has 0 saturated carbocycles. The molecule has 1 aliphatic heterocycles. The van der Waals surface area contributed by atoms with Gasteiger partial charge in [-0.3, -0.25) is 9.79 Å². The number of carbonyl (C=O) groups excluding carboxylic acids is 1. The third-order valence-electron chi connectivity index (χ3n) is 3.85. The topological polar surface area (TPSA) is 29.4 Å². The molecule has 0 bridgehead atoms. The van der Waals surface area contributed by atoms with Crippen molar-refractivity contribution in [1.29, 1.82) is 0 Å². The van der Waals surface area contributed by atoms with Crippen LogP contribution in [0.3, 0.4) is 0 Å². The van der Waals surface area contributed by atoms with Gasteiger partial charge in [-0.2, -0.15) is 0 Å². The van der Waals surface area contributed by atoms with Gasteiger partial charge in [0.25, 0.3) is 0 Å². The number of Topliss-reactive ketones (excluding diaryl/α,β-unsaturated/α-hetero) is 1. The van der Waals surface area contributed by atoms with E-state index in [2.05, 4.69) is 4.99 Å². The summed E-state index contributed by atoms with van der Waals surface area (Å²) in [4.78, 5) is 16.7. The van der Waals surface area contributed by atoms with Crippen molar-refractivity contribution in [2.24, 2.45) is 4.99 Å². The molecule has 0 fully saturated rings. The highest BCUT2D eigenvalue weighted by Crippen LogP contribution is 2.39. The molecule has 1 aliphatic carbocycles. The number of carbonyl (C=O) groups is 1. The van der Waals surface area contributed by atoms with E-state index >= 15 is 0 Å². The smallest absolute Gasteiger partial charge is 0.161 e. The zero-order valence-electron chi connectivity index (χ0n) is 10.9. The van der Waals surface area contributed by atoms with Crippen molar-refractivity contribution in [3.63, 3.8) is 0 Å². The third-order valence-corrected chi connectivity index (χ3v) is 3.85. The van der Waals surface area contributed by atoms with E-state index in [1.807, 2.05) is 13.0 Å². The lowest BCUT2D eigenvalue weighted by atomic mass is 9.78. The van der Waals surface area contributed by atoms with Crippen LogP contribution in [0, 0.1) is 5.82 Å². The Morgan fingerprint density at radius 1 is 1.32 bits per heavy atom. The molecule has 1 heterocycles. The third kappa shape index (κ3) is 2.25. The number of halogens is 1. The van der Waals surface area contributed by atoms with Crippen molar-refractivity contribution in [1.82, 2.24) is 0 Å². The van der Waals surface area contributed by atoms with Gasteiger partial charge in [0, 0.05) is 29.3 Å². The maximum Gasteiger partial charge on any atom is 0.161 e. The van der Waals surface area contributed by atoms with Crippen LogP contribution in [0.1, 0.15) is 44.1 Å². The fraction of sp³-hybridized carbons (Fsp3) is 0.375. The summed E-state index contributed by atoms with van der Waals surface area (Å²) >= 11 is 0. The predicted octanol–water partition coefficient (Wildman–Crippen LogP) is 3.78. The van der Waals surface area contributed by atoms with E-state index in [1.54, 1.807) is 6.07 Å². The maximum atomic E-state index is 13.4. The number of allylic oxidation sites excluding steroid dienone is 2. The quantitative estimate of drug-likeness (QED) is 0.752. The van der Waals surface area contributed by atoms with Gasteiger partial charge < -0.3 is 0 Å². The first-order chi connectivity index (χ1) is 9.15. The van der Waals surface area contributed by atoms with Crippen LogP contribution >= 0.6 is 0 Å². The summed E-state index contributed by atoms with van der Waals surface area (Å²) in [6.45, 7) is 1.98. The Hall–Kier alpha value is -1.77. The van der Waals surface area contributed by atoms with Crippen molar-refractivity contribution < 1.29 is 9.18 Å². The molecule has 1 aromatic carbocycles. The molecule has 1 unspecified atom stereocenters. The first-order valence-electron chi connectivity index (χ1n) is 6.71.